The first-order valence-corrected chi connectivity index (χ1v) is 7.01. The largest absolute Gasteiger partial charge is 0.497 e. The van der Waals surface area contributed by atoms with Crippen LogP contribution in [-0.4, -0.2) is 21.3 Å². The molecule has 0 aliphatic heterocycles. The van der Waals surface area contributed by atoms with Crippen LogP contribution in [0.25, 0.3) is 11.0 Å². The summed E-state index contributed by atoms with van der Waals surface area (Å²) in [4.78, 5) is 0. The molecule has 0 atom stereocenters. The second kappa shape index (κ2) is 6.02. The highest BCUT2D eigenvalue weighted by molar-refractivity contribution is 5.86. The number of hydrogen-bond donors (Lipinski definition) is 0. The fraction of sp³-hybridized carbons (Fsp3) is 0.222. The molecule has 0 N–H and O–H groups in total. The van der Waals surface area contributed by atoms with E-state index in [1.807, 2.05) is 42.5 Å². The highest BCUT2D eigenvalue weighted by atomic mass is 16.5. The van der Waals surface area contributed by atoms with Crippen molar-refractivity contribution in [1.29, 1.82) is 0 Å². The van der Waals surface area contributed by atoms with Gasteiger partial charge in [-0.05, 0) is 35.9 Å². The summed E-state index contributed by atoms with van der Waals surface area (Å²) in [5, 5.41) is 1.00. The molecule has 4 nitrogen and oxygen atoms in total. The molecule has 22 heavy (non-hydrogen) atoms. The monoisotopic (exact) mass is 298 g/mol. The Morgan fingerprint density at radius 1 is 0.864 bits per heavy atom. The molecule has 0 bridgehead atoms. The molecule has 1 aromatic heterocycles. The number of furan rings is 1. The first kappa shape index (κ1) is 14.3. The number of methoxy groups -OCH3 is 3. The minimum atomic E-state index is 0.626. The van der Waals surface area contributed by atoms with Crippen LogP contribution in [0.1, 0.15) is 11.3 Å². The summed E-state index contributed by atoms with van der Waals surface area (Å²) >= 11 is 0. The van der Waals surface area contributed by atoms with Gasteiger partial charge in [0.05, 0.1) is 21.3 Å². The standard InChI is InChI=1S/C18H18O4/c1-19-14-7-4-12(5-8-14)10-15-11-13-6-9-16(20-2)18(21-3)17(13)22-15/h4-9,11H,10H2,1-3H3. The maximum Gasteiger partial charge on any atom is 0.204 e. The number of fused-ring (bicyclic) bond motifs is 1. The van der Waals surface area contributed by atoms with Crippen molar-refractivity contribution in [2.75, 3.05) is 21.3 Å². The van der Waals surface area contributed by atoms with Gasteiger partial charge in [-0.15, -0.1) is 0 Å². The van der Waals surface area contributed by atoms with Gasteiger partial charge in [-0.1, -0.05) is 12.1 Å². The highest BCUT2D eigenvalue weighted by Gasteiger charge is 2.14. The first-order chi connectivity index (χ1) is 10.7. The van der Waals surface area contributed by atoms with E-state index in [1.54, 1.807) is 21.3 Å². The third-order valence-corrected chi connectivity index (χ3v) is 3.62. The Labute approximate surface area is 129 Å². The number of rotatable bonds is 5. The Morgan fingerprint density at radius 2 is 1.64 bits per heavy atom. The number of ether oxygens (including phenoxy) is 3. The molecule has 0 spiro atoms. The van der Waals surface area contributed by atoms with Crippen LogP contribution in [0, 0.1) is 0 Å². The van der Waals surface area contributed by atoms with Crippen LogP contribution in [0.5, 0.6) is 17.2 Å². The Balaban J connectivity index is 1.94. The predicted octanol–water partition coefficient (Wildman–Crippen LogP) is 4.05. The van der Waals surface area contributed by atoms with Gasteiger partial charge in [0.15, 0.2) is 11.3 Å². The minimum absolute atomic E-state index is 0.626. The fourth-order valence-corrected chi connectivity index (χ4v) is 2.50. The number of hydrogen-bond acceptors (Lipinski definition) is 4. The third-order valence-electron chi connectivity index (χ3n) is 3.62. The second-order valence-electron chi connectivity index (χ2n) is 4.96. The molecule has 1 heterocycles. The van der Waals surface area contributed by atoms with Crippen molar-refractivity contribution in [2.24, 2.45) is 0 Å². The zero-order valence-electron chi connectivity index (χ0n) is 12.9. The van der Waals surface area contributed by atoms with Gasteiger partial charge in [-0.25, -0.2) is 0 Å². The Hall–Kier alpha value is -2.62. The average Bonchev–Trinajstić information content (AvgIpc) is 2.96. The van der Waals surface area contributed by atoms with Crippen LogP contribution < -0.4 is 14.2 Å². The van der Waals surface area contributed by atoms with Crippen molar-refractivity contribution in [3.8, 4) is 17.2 Å². The summed E-state index contributed by atoms with van der Waals surface area (Å²) < 4.78 is 21.8. The van der Waals surface area contributed by atoms with Gasteiger partial charge in [0, 0.05) is 11.8 Å². The van der Waals surface area contributed by atoms with Gasteiger partial charge >= 0.3 is 0 Å². The lowest BCUT2D eigenvalue weighted by Crippen LogP contribution is -1.90. The molecule has 3 rings (SSSR count). The summed E-state index contributed by atoms with van der Waals surface area (Å²) in [6.45, 7) is 0. The van der Waals surface area contributed by atoms with Crippen molar-refractivity contribution in [3.05, 3.63) is 53.8 Å². The Morgan fingerprint density at radius 3 is 2.27 bits per heavy atom. The maximum atomic E-state index is 5.96. The highest BCUT2D eigenvalue weighted by Crippen LogP contribution is 2.37. The van der Waals surface area contributed by atoms with Crippen LogP contribution in [0.15, 0.2) is 46.9 Å². The first-order valence-electron chi connectivity index (χ1n) is 7.01. The van der Waals surface area contributed by atoms with Crippen LogP contribution in [0.4, 0.5) is 0 Å². The molecular formula is C18H18O4. The zero-order valence-corrected chi connectivity index (χ0v) is 12.9. The lowest BCUT2D eigenvalue weighted by Gasteiger charge is -2.06. The fourth-order valence-electron chi connectivity index (χ4n) is 2.50. The van der Waals surface area contributed by atoms with E-state index in [0.717, 1.165) is 22.5 Å². The molecule has 2 aromatic carbocycles. The normalized spacial score (nSPS) is 10.7. The maximum absolute atomic E-state index is 5.96. The van der Waals surface area contributed by atoms with Crippen LogP contribution in [-0.2, 0) is 6.42 Å². The molecule has 0 aliphatic rings. The molecule has 0 unspecified atom stereocenters. The predicted molar refractivity (Wildman–Crippen MR) is 85.1 cm³/mol. The van der Waals surface area contributed by atoms with Crippen LogP contribution >= 0.6 is 0 Å². The molecule has 0 saturated carbocycles. The van der Waals surface area contributed by atoms with Gasteiger partial charge in [0.2, 0.25) is 5.75 Å². The lowest BCUT2D eigenvalue weighted by atomic mass is 10.1. The molecule has 0 aliphatic carbocycles. The molecular weight excluding hydrogens is 280 g/mol. The van der Waals surface area contributed by atoms with Gasteiger partial charge in [0.25, 0.3) is 0 Å². The molecule has 4 heteroatoms. The van der Waals surface area contributed by atoms with Crippen molar-refractivity contribution >= 4 is 11.0 Å². The molecule has 0 fully saturated rings. The molecule has 0 saturated heterocycles. The smallest absolute Gasteiger partial charge is 0.204 e. The van der Waals surface area contributed by atoms with E-state index in [0.29, 0.717) is 23.5 Å². The van der Waals surface area contributed by atoms with E-state index in [2.05, 4.69) is 0 Å². The van der Waals surface area contributed by atoms with Crippen LogP contribution in [0.3, 0.4) is 0 Å². The van der Waals surface area contributed by atoms with Crippen LogP contribution in [0.2, 0.25) is 0 Å². The van der Waals surface area contributed by atoms with Gasteiger partial charge in [-0.3, -0.25) is 0 Å². The SMILES string of the molecule is COc1ccc(Cc2cc3ccc(OC)c(OC)c3o2)cc1. The van der Waals surface area contributed by atoms with Crippen molar-refractivity contribution in [3.63, 3.8) is 0 Å². The van der Waals surface area contributed by atoms with E-state index >= 15 is 0 Å². The number of benzene rings is 2. The minimum Gasteiger partial charge on any atom is -0.497 e. The van der Waals surface area contributed by atoms with Gasteiger partial charge < -0.3 is 18.6 Å². The second-order valence-corrected chi connectivity index (χ2v) is 4.96. The summed E-state index contributed by atoms with van der Waals surface area (Å²) in [6.07, 6.45) is 0.712. The molecule has 0 radical (unpaired) electrons. The lowest BCUT2D eigenvalue weighted by molar-refractivity contribution is 0.352. The van der Waals surface area contributed by atoms with E-state index < -0.39 is 0 Å². The zero-order chi connectivity index (χ0) is 15.5. The Kier molecular flexibility index (Phi) is 3.92. The van der Waals surface area contributed by atoms with E-state index in [-0.39, 0.29) is 0 Å². The summed E-state index contributed by atoms with van der Waals surface area (Å²) in [6, 6.07) is 13.8. The molecule has 114 valence electrons. The summed E-state index contributed by atoms with van der Waals surface area (Å²) in [5.74, 6) is 3.02. The summed E-state index contributed by atoms with van der Waals surface area (Å²) in [5.41, 5.74) is 1.87. The molecule has 0 amide bonds. The van der Waals surface area contributed by atoms with Crippen molar-refractivity contribution < 1.29 is 18.6 Å². The van der Waals surface area contributed by atoms with E-state index in [9.17, 15) is 0 Å². The van der Waals surface area contributed by atoms with Crippen molar-refractivity contribution in [1.82, 2.24) is 0 Å². The third kappa shape index (κ3) is 2.60. The quantitative estimate of drug-likeness (QED) is 0.712. The van der Waals surface area contributed by atoms with E-state index in [4.69, 9.17) is 18.6 Å². The van der Waals surface area contributed by atoms with Crippen molar-refractivity contribution in [2.45, 2.75) is 6.42 Å². The summed E-state index contributed by atoms with van der Waals surface area (Å²) in [7, 11) is 4.89. The molecule has 3 aromatic rings. The van der Waals surface area contributed by atoms with E-state index in [1.165, 1.54) is 0 Å². The van der Waals surface area contributed by atoms with Gasteiger partial charge in [-0.2, -0.15) is 0 Å². The Bertz CT molecular complexity index is 772. The average molecular weight is 298 g/mol. The topological polar surface area (TPSA) is 40.8 Å². The van der Waals surface area contributed by atoms with Gasteiger partial charge in [0.1, 0.15) is 11.5 Å².